The summed E-state index contributed by atoms with van der Waals surface area (Å²) in [5.41, 5.74) is 3.09. The Hall–Kier alpha value is -3.15. The zero-order valence-electron chi connectivity index (χ0n) is 16.5. The molecule has 0 aliphatic rings. The van der Waals surface area contributed by atoms with E-state index in [2.05, 4.69) is 4.98 Å². The summed E-state index contributed by atoms with van der Waals surface area (Å²) >= 11 is 0. The van der Waals surface area contributed by atoms with Crippen molar-refractivity contribution >= 4 is 5.91 Å². The molecule has 146 valence electrons. The number of rotatable bonds is 6. The Labute approximate surface area is 164 Å². The number of aryl methyl sites for hydroxylation is 1. The van der Waals surface area contributed by atoms with E-state index in [1.165, 1.54) is 12.1 Å². The SMILES string of the molecule is COc1ccc(CN(C(=O)c2cn(C)cn2)C(C)C)cc1-c1ccc(F)cc1. The van der Waals surface area contributed by atoms with Gasteiger partial charge in [-0.1, -0.05) is 18.2 Å². The normalized spacial score (nSPS) is 10.9. The van der Waals surface area contributed by atoms with E-state index in [1.807, 2.05) is 39.1 Å². The number of nitrogens with zero attached hydrogens (tertiary/aromatic N) is 3. The minimum Gasteiger partial charge on any atom is -0.496 e. The Morgan fingerprint density at radius 3 is 2.50 bits per heavy atom. The number of hydrogen-bond donors (Lipinski definition) is 0. The lowest BCUT2D eigenvalue weighted by atomic mass is 10.0. The predicted molar refractivity (Wildman–Crippen MR) is 107 cm³/mol. The summed E-state index contributed by atoms with van der Waals surface area (Å²) in [6.07, 6.45) is 3.33. The highest BCUT2D eigenvalue weighted by molar-refractivity contribution is 5.92. The quantitative estimate of drug-likeness (QED) is 0.640. The molecule has 28 heavy (non-hydrogen) atoms. The molecule has 0 aliphatic heterocycles. The Morgan fingerprint density at radius 1 is 1.21 bits per heavy atom. The van der Waals surface area contributed by atoms with Crippen LogP contribution in [0.3, 0.4) is 0 Å². The molecule has 0 radical (unpaired) electrons. The van der Waals surface area contributed by atoms with Crippen molar-refractivity contribution in [2.75, 3.05) is 7.11 Å². The standard InChI is InChI=1S/C22H24FN3O2/c1-15(2)26(22(27)20-13-25(3)14-24-20)12-16-5-10-21(28-4)19(11-16)17-6-8-18(23)9-7-17/h5-11,13-15H,12H2,1-4H3. The minimum absolute atomic E-state index is 0.00544. The lowest BCUT2D eigenvalue weighted by molar-refractivity contribution is 0.0684. The Morgan fingerprint density at radius 2 is 1.93 bits per heavy atom. The van der Waals surface area contributed by atoms with Crippen LogP contribution in [-0.4, -0.2) is 33.5 Å². The van der Waals surface area contributed by atoms with E-state index in [0.717, 1.165) is 16.7 Å². The number of imidazole rings is 1. The molecule has 6 heteroatoms. The van der Waals surface area contributed by atoms with Crippen LogP contribution in [0, 0.1) is 5.82 Å². The summed E-state index contributed by atoms with van der Waals surface area (Å²) < 4.78 is 20.5. The van der Waals surface area contributed by atoms with Crippen LogP contribution in [0.1, 0.15) is 29.9 Å². The van der Waals surface area contributed by atoms with Gasteiger partial charge in [0.05, 0.1) is 13.4 Å². The average Bonchev–Trinajstić information content (AvgIpc) is 3.12. The molecule has 1 heterocycles. The van der Waals surface area contributed by atoms with Crippen molar-refractivity contribution < 1.29 is 13.9 Å². The maximum absolute atomic E-state index is 13.3. The molecule has 0 atom stereocenters. The van der Waals surface area contributed by atoms with Crippen molar-refractivity contribution in [3.8, 4) is 16.9 Å². The van der Waals surface area contributed by atoms with Crippen molar-refractivity contribution in [1.82, 2.24) is 14.5 Å². The molecule has 5 nitrogen and oxygen atoms in total. The van der Waals surface area contributed by atoms with Gasteiger partial charge in [-0.15, -0.1) is 0 Å². The molecular weight excluding hydrogens is 357 g/mol. The molecule has 0 spiro atoms. The van der Waals surface area contributed by atoms with Crippen LogP contribution in [-0.2, 0) is 13.6 Å². The highest BCUT2D eigenvalue weighted by Crippen LogP contribution is 2.31. The fourth-order valence-corrected chi connectivity index (χ4v) is 3.06. The summed E-state index contributed by atoms with van der Waals surface area (Å²) in [6, 6.07) is 12.1. The first-order valence-electron chi connectivity index (χ1n) is 9.11. The number of aromatic nitrogens is 2. The van der Waals surface area contributed by atoms with Gasteiger partial charge in [-0.05, 0) is 49.2 Å². The number of ether oxygens (including phenoxy) is 1. The van der Waals surface area contributed by atoms with Crippen molar-refractivity contribution in [3.05, 3.63) is 72.1 Å². The fraction of sp³-hybridized carbons (Fsp3) is 0.273. The summed E-state index contributed by atoms with van der Waals surface area (Å²) in [5.74, 6) is 0.295. The molecule has 0 fully saturated rings. The van der Waals surface area contributed by atoms with Crippen LogP contribution < -0.4 is 4.74 Å². The molecule has 0 aliphatic carbocycles. The molecule has 0 bridgehead atoms. The van der Waals surface area contributed by atoms with Gasteiger partial charge in [0.2, 0.25) is 0 Å². The third kappa shape index (κ3) is 4.22. The van der Waals surface area contributed by atoms with Crippen LogP contribution in [0.2, 0.25) is 0 Å². The van der Waals surface area contributed by atoms with Gasteiger partial charge in [0, 0.05) is 31.4 Å². The van der Waals surface area contributed by atoms with Crippen LogP contribution in [0.5, 0.6) is 5.75 Å². The molecule has 3 rings (SSSR count). The van der Waals surface area contributed by atoms with Gasteiger partial charge < -0.3 is 14.2 Å². The van der Waals surface area contributed by atoms with E-state index in [4.69, 9.17) is 4.74 Å². The van der Waals surface area contributed by atoms with E-state index in [1.54, 1.807) is 41.2 Å². The van der Waals surface area contributed by atoms with E-state index in [-0.39, 0.29) is 17.8 Å². The van der Waals surface area contributed by atoms with Gasteiger partial charge in [-0.25, -0.2) is 9.37 Å². The van der Waals surface area contributed by atoms with E-state index >= 15 is 0 Å². The van der Waals surface area contributed by atoms with E-state index in [9.17, 15) is 9.18 Å². The molecule has 0 saturated heterocycles. The second-order valence-corrected chi connectivity index (χ2v) is 6.99. The molecular formula is C22H24FN3O2. The Bertz CT molecular complexity index is 964. The van der Waals surface area contributed by atoms with Gasteiger partial charge in [0.25, 0.3) is 5.91 Å². The highest BCUT2D eigenvalue weighted by atomic mass is 19.1. The summed E-state index contributed by atoms with van der Waals surface area (Å²) in [6.45, 7) is 4.39. The molecule has 2 aromatic carbocycles. The lowest BCUT2D eigenvalue weighted by Crippen LogP contribution is -2.36. The monoisotopic (exact) mass is 381 g/mol. The van der Waals surface area contributed by atoms with Gasteiger partial charge in [0.1, 0.15) is 17.3 Å². The number of carbonyl (C=O) groups excluding carboxylic acids is 1. The lowest BCUT2D eigenvalue weighted by Gasteiger charge is -2.26. The maximum atomic E-state index is 13.3. The zero-order chi connectivity index (χ0) is 20.3. The van der Waals surface area contributed by atoms with Crippen LogP contribution in [0.25, 0.3) is 11.1 Å². The highest BCUT2D eigenvalue weighted by Gasteiger charge is 2.21. The number of amides is 1. The second kappa shape index (κ2) is 8.25. The molecule has 0 saturated carbocycles. The fourth-order valence-electron chi connectivity index (χ4n) is 3.06. The largest absolute Gasteiger partial charge is 0.496 e. The van der Waals surface area contributed by atoms with Gasteiger partial charge in [-0.2, -0.15) is 0 Å². The van der Waals surface area contributed by atoms with Crippen molar-refractivity contribution in [1.29, 1.82) is 0 Å². The first-order valence-corrected chi connectivity index (χ1v) is 9.11. The average molecular weight is 381 g/mol. The van der Waals surface area contributed by atoms with Gasteiger partial charge in [0.15, 0.2) is 0 Å². The van der Waals surface area contributed by atoms with Gasteiger partial charge >= 0.3 is 0 Å². The van der Waals surface area contributed by atoms with Crippen molar-refractivity contribution in [3.63, 3.8) is 0 Å². The molecule has 3 aromatic rings. The molecule has 0 unspecified atom stereocenters. The molecule has 0 N–H and O–H groups in total. The van der Waals surface area contributed by atoms with Crippen LogP contribution in [0.15, 0.2) is 55.0 Å². The number of benzene rings is 2. The van der Waals surface area contributed by atoms with Crippen LogP contribution >= 0.6 is 0 Å². The van der Waals surface area contributed by atoms with Gasteiger partial charge in [-0.3, -0.25) is 4.79 Å². The third-order valence-corrected chi connectivity index (χ3v) is 4.58. The summed E-state index contributed by atoms with van der Waals surface area (Å²) in [4.78, 5) is 18.9. The van der Waals surface area contributed by atoms with E-state index in [0.29, 0.717) is 18.0 Å². The summed E-state index contributed by atoms with van der Waals surface area (Å²) in [7, 11) is 3.44. The van der Waals surface area contributed by atoms with Crippen molar-refractivity contribution in [2.45, 2.75) is 26.4 Å². The van der Waals surface area contributed by atoms with E-state index < -0.39 is 0 Å². The maximum Gasteiger partial charge on any atom is 0.274 e. The summed E-state index contributed by atoms with van der Waals surface area (Å²) in [5, 5.41) is 0. The number of carbonyl (C=O) groups is 1. The predicted octanol–water partition coefficient (Wildman–Crippen LogP) is 4.29. The molecule has 1 aromatic heterocycles. The second-order valence-electron chi connectivity index (χ2n) is 6.99. The zero-order valence-corrected chi connectivity index (χ0v) is 16.5. The first-order chi connectivity index (χ1) is 13.4. The molecule has 1 amide bonds. The Kier molecular flexibility index (Phi) is 5.78. The Balaban J connectivity index is 1.92. The number of hydrogen-bond acceptors (Lipinski definition) is 3. The minimum atomic E-state index is -0.286. The third-order valence-electron chi connectivity index (χ3n) is 4.58. The first kappa shape index (κ1) is 19.6. The topological polar surface area (TPSA) is 47.4 Å². The smallest absolute Gasteiger partial charge is 0.274 e. The number of halogens is 1. The number of methoxy groups -OCH3 is 1. The van der Waals surface area contributed by atoms with Crippen LogP contribution in [0.4, 0.5) is 4.39 Å². The van der Waals surface area contributed by atoms with Crippen molar-refractivity contribution in [2.24, 2.45) is 7.05 Å².